The van der Waals surface area contributed by atoms with Crippen molar-refractivity contribution in [2.45, 2.75) is 27.0 Å². The van der Waals surface area contributed by atoms with Crippen LogP contribution in [0.4, 0.5) is 5.00 Å². The Kier molecular flexibility index (Phi) is 9.47. The molecule has 1 saturated heterocycles. The van der Waals surface area contributed by atoms with E-state index in [0.717, 1.165) is 45.3 Å². The van der Waals surface area contributed by atoms with Gasteiger partial charge in [-0.1, -0.05) is 24.3 Å². The first-order valence-corrected chi connectivity index (χ1v) is 11.7. The molecule has 0 spiro atoms. The fourth-order valence-electron chi connectivity index (χ4n) is 3.45. The topological polar surface area (TPSA) is 49.3 Å². The number of guanidine groups is 1. The normalized spacial score (nSPS) is 14.9. The standard InChI is InChI=1S/C23H34N4O2S/c1-3-24-23(27-12-10-26(11-13-27)22-9-6-16-30-22)25-18-20-7-5-8-21(17-20)19-29-15-14-28-4-2/h5-9,16-17H,3-4,10-15,18-19H2,1-2H3,(H,24,25). The van der Waals surface area contributed by atoms with Crippen molar-refractivity contribution in [1.82, 2.24) is 10.2 Å². The Balaban J connectivity index is 1.52. The number of aliphatic imine (C=N–C) groups is 1. The lowest BCUT2D eigenvalue weighted by Gasteiger charge is -2.37. The highest BCUT2D eigenvalue weighted by molar-refractivity contribution is 7.14. The van der Waals surface area contributed by atoms with Crippen LogP contribution >= 0.6 is 11.3 Å². The van der Waals surface area contributed by atoms with Crippen LogP contribution in [0.15, 0.2) is 46.8 Å². The van der Waals surface area contributed by atoms with E-state index < -0.39 is 0 Å². The Labute approximate surface area is 184 Å². The lowest BCUT2D eigenvalue weighted by atomic mass is 10.1. The van der Waals surface area contributed by atoms with Crippen LogP contribution in [0.25, 0.3) is 0 Å². The summed E-state index contributed by atoms with van der Waals surface area (Å²) >= 11 is 1.81. The Bertz CT molecular complexity index is 758. The predicted octanol–water partition coefficient (Wildman–Crippen LogP) is 3.59. The molecule has 1 aromatic carbocycles. The average molecular weight is 431 g/mol. The van der Waals surface area contributed by atoms with Gasteiger partial charge in [-0.05, 0) is 42.5 Å². The highest BCUT2D eigenvalue weighted by atomic mass is 32.1. The van der Waals surface area contributed by atoms with Gasteiger partial charge in [0.15, 0.2) is 5.96 Å². The van der Waals surface area contributed by atoms with Crippen LogP contribution in [-0.2, 0) is 22.6 Å². The molecule has 1 aliphatic rings. The highest BCUT2D eigenvalue weighted by Gasteiger charge is 2.20. The average Bonchev–Trinajstić information content (AvgIpc) is 3.32. The number of anilines is 1. The van der Waals surface area contributed by atoms with E-state index in [4.69, 9.17) is 14.5 Å². The second kappa shape index (κ2) is 12.6. The summed E-state index contributed by atoms with van der Waals surface area (Å²) in [4.78, 5) is 9.74. The number of rotatable bonds is 10. The minimum Gasteiger partial charge on any atom is -0.379 e. The Morgan fingerprint density at radius 1 is 1.03 bits per heavy atom. The summed E-state index contributed by atoms with van der Waals surface area (Å²) in [5, 5.41) is 6.96. The molecule has 0 amide bonds. The van der Waals surface area contributed by atoms with E-state index in [1.807, 2.05) is 18.3 Å². The van der Waals surface area contributed by atoms with Gasteiger partial charge in [-0.2, -0.15) is 0 Å². The maximum absolute atomic E-state index is 5.69. The second-order valence-corrected chi connectivity index (χ2v) is 8.09. The van der Waals surface area contributed by atoms with Crippen LogP contribution in [0.2, 0.25) is 0 Å². The zero-order valence-corrected chi connectivity index (χ0v) is 19.0. The number of nitrogens with zero attached hydrogens (tertiary/aromatic N) is 3. The molecule has 3 rings (SSSR count). The highest BCUT2D eigenvalue weighted by Crippen LogP contribution is 2.22. The zero-order chi connectivity index (χ0) is 21.0. The molecule has 0 radical (unpaired) electrons. The van der Waals surface area contributed by atoms with E-state index in [0.29, 0.717) is 26.4 Å². The summed E-state index contributed by atoms with van der Waals surface area (Å²) in [5.74, 6) is 1.00. The van der Waals surface area contributed by atoms with Gasteiger partial charge in [-0.15, -0.1) is 11.3 Å². The van der Waals surface area contributed by atoms with Crippen molar-refractivity contribution in [2.24, 2.45) is 4.99 Å². The van der Waals surface area contributed by atoms with Crippen LogP contribution < -0.4 is 10.2 Å². The van der Waals surface area contributed by atoms with Crippen LogP contribution in [0.3, 0.4) is 0 Å². The van der Waals surface area contributed by atoms with Gasteiger partial charge in [0.05, 0.1) is 31.4 Å². The number of ether oxygens (including phenoxy) is 2. The number of nitrogens with one attached hydrogen (secondary N) is 1. The molecule has 0 unspecified atom stereocenters. The zero-order valence-electron chi connectivity index (χ0n) is 18.2. The van der Waals surface area contributed by atoms with Crippen molar-refractivity contribution in [1.29, 1.82) is 0 Å². The van der Waals surface area contributed by atoms with Gasteiger partial charge in [-0.25, -0.2) is 4.99 Å². The van der Waals surface area contributed by atoms with Gasteiger partial charge >= 0.3 is 0 Å². The summed E-state index contributed by atoms with van der Waals surface area (Å²) in [6.07, 6.45) is 0. The molecule has 1 aliphatic heterocycles. The molecule has 164 valence electrons. The third kappa shape index (κ3) is 7.00. The molecule has 1 fully saturated rings. The summed E-state index contributed by atoms with van der Waals surface area (Å²) in [7, 11) is 0. The predicted molar refractivity (Wildman–Crippen MR) is 126 cm³/mol. The molecule has 0 aliphatic carbocycles. The first kappa shape index (κ1) is 22.6. The molecule has 7 heteroatoms. The van der Waals surface area contributed by atoms with Gasteiger partial charge in [0.2, 0.25) is 0 Å². The Morgan fingerprint density at radius 2 is 1.83 bits per heavy atom. The largest absolute Gasteiger partial charge is 0.379 e. The molecular formula is C23H34N4O2S. The van der Waals surface area contributed by atoms with Crippen molar-refractivity contribution >= 4 is 22.3 Å². The van der Waals surface area contributed by atoms with Crippen LogP contribution in [0, 0.1) is 0 Å². The minimum absolute atomic E-state index is 0.607. The van der Waals surface area contributed by atoms with Gasteiger partial charge < -0.3 is 24.6 Å². The molecule has 2 heterocycles. The molecule has 0 saturated carbocycles. The summed E-state index contributed by atoms with van der Waals surface area (Å²) in [5.41, 5.74) is 2.38. The third-order valence-electron chi connectivity index (χ3n) is 4.98. The van der Waals surface area contributed by atoms with Crippen molar-refractivity contribution in [3.8, 4) is 0 Å². The maximum atomic E-state index is 5.69. The van der Waals surface area contributed by atoms with Gasteiger partial charge in [0.1, 0.15) is 0 Å². The van der Waals surface area contributed by atoms with E-state index in [1.165, 1.54) is 16.1 Å². The summed E-state index contributed by atoms with van der Waals surface area (Å²) in [6, 6.07) is 12.8. The Hall–Kier alpha value is -2.09. The van der Waals surface area contributed by atoms with Gasteiger partial charge in [0.25, 0.3) is 0 Å². The minimum atomic E-state index is 0.607. The molecule has 0 bridgehead atoms. The van der Waals surface area contributed by atoms with E-state index in [2.05, 4.69) is 63.8 Å². The van der Waals surface area contributed by atoms with Gasteiger partial charge in [-0.3, -0.25) is 0 Å². The molecule has 30 heavy (non-hydrogen) atoms. The van der Waals surface area contributed by atoms with E-state index in [1.54, 1.807) is 0 Å². The lowest BCUT2D eigenvalue weighted by Crippen LogP contribution is -2.52. The van der Waals surface area contributed by atoms with Crippen LogP contribution in [0.1, 0.15) is 25.0 Å². The molecule has 1 N–H and O–H groups in total. The fourth-order valence-corrected chi connectivity index (χ4v) is 4.24. The van der Waals surface area contributed by atoms with E-state index >= 15 is 0 Å². The van der Waals surface area contributed by atoms with Crippen molar-refractivity contribution in [3.63, 3.8) is 0 Å². The van der Waals surface area contributed by atoms with Crippen LogP contribution in [-0.4, -0.2) is 63.4 Å². The number of hydrogen-bond acceptors (Lipinski definition) is 5. The van der Waals surface area contributed by atoms with Crippen molar-refractivity contribution in [2.75, 3.05) is 57.4 Å². The molecule has 0 atom stereocenters. The summed E-state index contributed by atoms with van der Waals surface area (Å²) < 4.78 is 11.0. The van der Waals surface area contributed by atoms with E-state index in [-0.39, 0.29) is 0 Å². The quantitative estimate of drug-likeness (QED) is 0.355. The first-order chi connectivity index (χ1) is 14.8. The Morgan fingerprint density at radius 3 is 2.57 bits per heavy atom. The number of thiophene rings is 1. The van der Waals surface area contributed by atoms with Gasteiger partial charge in [0, 0.05) is 39.3 Å². The molecule has 2 aromatic rings. The van der Waals surface area contributed by atoms with Crippen LogP contribution in [0.5, 0.6) is 0 Å². The molecule has 1 aromatic heterocycles. The SMILES string of the molecule is CCNC(=NCc1cccc(COCCOCC)c1)N1CCN(c2cccs2)CC1. The number of benzene rings is 1. The molecule has 6 nitrogen and oxygen atoms in total. The third-order valence-corrected chi connectivity index (χ3v) is 5.91. The molecular weight excluding hydrogens is 396 g/mol. The van der Waals surface area contributed by atoms with E-state index in [9.17, 15) is 0 Å². The first-order valence-electron chi connectivity index (χ1n) is 10.8. The fraction of sp³-hybridized carbons (Fsp3) is 0.522. The maximum Gasteiger partial charge on any atom is 0.194 e. The lowest BCUT2D eigenvalue weighted by molar-refractivity contribution is 0.0453. The monoisotopic (exact) mass is 430 g/mol. The second-order valence-electron chi connectivity index (χ2n) is 7.17. The number of piperazine rings is 1. The van der Waals surface area contributed by atoms with Crippen molar-refractivity contribution < 1.29 is 9.47 Å². The number of hydrogen-bond donors (Lipinski definition) is 1. The van der Waals surface area contributed by atoms with Crippen molar-refractivity contribution in [3.05, 3.63) is 52.9 Å². The smallest absolute Gasteiger partial charge is 0.194 e. The summed E-state index contributed by atoms with van der Waals surface area (Å²) in [6.45, 7) is 12.3.